The zero-order valence-corrected chi connectivity index (χ0v) is 35.0. The molecule has 0 saturated carbocycles. The topological polar surface area (TPSA) is 249 Å². The van der Waals surface area contributed by atoms with E-state index < -0.39 is 28.9 Å². The zero-order valence-electron chi connectivity index (χ0n) is 35.0. The van der Waals surface area contributed by atoms with Crippen LogP contribution in [0.5, 0.6) is 11.5 Å². The summed E-state index contributed by atoms with van der Waals surface area (Å²) in [5.74, 6) is -0.750. The number of rotatable bonds is 16. The molecule has 2 fully saturated rings. The molecule has 4 aromatic rings. The molecule has 2 saturated heterocycles. The molecule has 19 heteroatoms. The van der Waals surface area contributed by atoms with E-state index in [1.165, 1.54) is 19.2 Å². The number of ether oxygens (including phenoxy) is 4. The standard InChI is InChI=1S/C41H55N11O8/c1-7-52-30(17-25(2)48-52)37(55)47-38-46-29-19-27(36(44)54)21-32(57-6)34(29)51(38)13-9-8-11-45-33-28(42)18-26(35(43)53)20-31(33)58-15-10-12-49-22-41(23-49)24-50(14-16-59-41)39(56)60-40(3,4)5/h8-9,17-21,45H,7,10-16,22-24,42H2,1-6H3,(H2,43,53)(H2,44,54)(H,46,47,55)/b9-8+. The Balaban J connectivity index is 1.10. The van der Waals surface area contributed by atoms with Crippen molar-refractivity contribution < 1.29 is 38.1 Å². The lowest BCUT2D eigenvalue weighted by Crippen LogP contribution is -2.70. The molecular weight excluding hydrogens is 775 g/mol. The first kappa shape index (κ1) is 43.2. The maximum Gasteiger partial charge on any atom is 0.410 e. The number of nitrogens with one attached hydrogen (secondary N) is 2. The fourth-order valence-corrected chi connectivity index (χ4v) is 7.36. The molecule has 322 valence electrons. The highest BCUT2D eigenvalue weighted by Crippen LogP contribution is 2.34. The number of aromatic nitrogens is 4. The summed E-state index contributed by atoms with van der Waals surface area (Å²) in [6, 6.07) is 7.83. The smallest absolute Gasteiger partial charge is 0.410 e. The Labute approximate surface area is 348 Å². The van der Waals surface area contributed by atoms with Crippen LogP contribution < -0.4 is 37.3 Å². The molecule has 1 spiro atoms. The molecule has 0 unspecified atom stereocenters. The molecular formula is C41H55N11O8. The minimum atomic E-state index is -0.650. The lowest BCUT2D eigenvalue weighted by molar-refractivity contribution is -0.180. The summed E-state index contributed by atoms with van der Waals surface area (Å²) in [7, 11) is 1.47. The molecule has 2 aliphatic heterocycles. The minimum Gasteiger partial charge on any atom is -0.494 e. The number of nitrogens with two attached hydrogens (primary N) is 3. The number of carbonyl (C=O) groups is 4. The van der Waals surface area contributed by atoms with Crippen molar-refractivity contribution in [2.45, 2.75) is 65.3 Å². The van der Waals surface area contributed by atoms with Gasteiger partial charge in [0.1, 0.15) is 39.6 Å². The number of aryl methyl sites for hydroxylation is 2. The summed E-state index contributed by atoms with van der Waals surface area (Å²) in [4.78, 5) is 59.0. The van der Waals surface area contributed by atoms with E-state index in [0.29, 0.717) is 98.5 Å². The van der Waals surface area contributed by atoms with Gasteiger partial charge in [-0.25, -0.2) is 9.78 Å². The highest BCUT2D eigenvalue weighted by molar-refractivity contribution is 6.04. The van der Waals surface area contributed by atoms with Gasteiger partial charge < -0.3 is 50.9 Å². The van der Waals surface area contributed by atoms with Gasteiger partial charge in [0, 0.05) is 56.9 Å². The van der Waals surface area contributed by atoms with Crippen LogP contribution in [0.25, 0.3) is 11.0 Å². The van der Waals surface area contributed by atoms with Gasteiger partial charge in [0.15, 0.2) is 0 Å². The summed E-state index contributed by atoms with van der Waals surface area (Å²) in [6.07, 6.45) is 4.07. The average Bonchev–Trinajstić information content (AvgIpc) is 3.74. The second kappa shape index (κ2) is 17.9. The first-order chi connectivity index (χ1) is 28.5. The molecule has 0 aliphatic carbocycles. The summed E-state index contributed by atoms with van der Waals surface area (Å²) >= 11 is 0. The number of anilines is 3. The number of benzene rings is 2. The van der Waals surface area contributed by atoms with E-state index in [1.54, 1.807) is 32.3 Å². The quantitative estimate of drug-likeness (QED) is 0.0618. The number of likely N-dealkylation sites (tertiary alicyclic amines) is 1. The number of nitrogen functional groups attached to an aromatic ring is 1. The number of fused-ring (bicyclic) bond motifs is 1. The molecule has 4 amide bonds. The predicted octanol–water partition coefficient (Wildman–Crippen LogP) is 3.36. The van der Waals surface area contributed by atoms with Crippen molar-refractivity contribution in [2.75, 3.05) is 76.0 Å². The van der Waals surface area contributed by atoms with E-state index in [1.807, 2.05) is 46.8 Å². The van der Waals surface area contributed by atoms with Crippen molar-refractivity contribution in [3.8, 4) is 11.5 Å². The number of carbonyl (C=O) groups excluding carboxylic acids is 4. The number of primary amides is 2. The van der Waals surface area contributed by atoms with Crippen LogP contribution in [-0.4, -0.2) is 124 Å². The van der Waals surface area contributed by atoms with Crippen molar-refractivity contribution >= 4 is 52.2 Å². The Morgan fingerprint density at radius 2 is 1.72 bits per heavy atom. The Kier molecular flexibility index (Phi) is 12.9. The van der Waals surface area contributed by atoms with Crippen LogP contribution in [0.3, 0.4) is 0 Å². The van der Waals surface area contributed by atoms with Crippen molar-refractivity contribution in [1.82, 2.24) is 29.1 Å². The Morgan fingerprint density at radius 1 is 1.00 bits per heavy atom. The summed E-state index contributed by atoms with van der Waals surface area (Å²) in [5, 5.41) is 10.6. The van der Waals surface area contributed by atoms with Crippen LogP contribution in [0.4, 0.5) is 22.1 Å². The van der Waals surface area contributed by atoms with Gasteiger partial charge in [-0.2, -0.15) is 5.10 Å². The molecule has 0 bridgehead atoms. The average molecular weight is 830 g/mol. The van der Waals surface area contributed by atoms with E-state index >= 15 is 0 Å². The van der Waals surface area contributed by atoms with Crippen molar-refractivity contribution in [3.63, 3.8) is 0 Å². The van der Waals surface area contributed by atoms with Gasteiger partial charge in [-0.05, 0) is 71.4 Å². The number of imidazole rings is 1. The molecule has 60 heavy (non-hydrogen) atoms. The minimum absolute atomic E-state index is 0.204. The predicted molar refractivity (Wildman–Crippen MR) is 225 cm³/mol. The molecule has 8 N–H and O–H groups in total. The lowest BCUT2D eigenvalue weighted by atomic mass is 9.91. The number of amides is 4. The first-order valence-corrected chi connectivity index (χ1v) is 19.8. The van der Waals surface area contributed by atoms with Gasteiger partial charge in [-0.1, -0.05) is 12.2 Å². The monoisotopic (exact) mass is 829 g/mol. The van der Waals surface area contributed by atoms with Crippen LogP contribution in [0.1, 0.15) is 71.0 Å². The van der Waals surface area contributed by atoms with Gasteiger partial charge in [0.25, 0.3) is 5.91 Å². The number of hydrogen-bond donors (Lipinski definition) is 5. The molecule has 2 aromatic carbocycles. The number of methoxy groups -OCH3 is 1. The fourth-order valence-electron chi connectivity index (χ4n) is 7.36. The second-order valence-corrected chi connectivity index (χ2v) is 15.9. The maximum atomic E-state index is 13.5. The third-order valence-corrected chi connectivity index (χ3v) is 10.0. The number of nitrogens with zero attached hydrogens (tertiary/aromatic N) is 6. The van der Waals surface area contributed by atoms with Crippen molar-refractivity contribution in [2.24, 2.45) is 11.5 Å². The fraction of sp³-hybridized carbons (Fsp3) is 0.463. The summed E-state index contributed by atoms with van der Waals surface area (Å²) in [6.45, 7) is 14.2. The van der Waals surface area contributed by atoms with Crippen LogP contribution in [0.15, 0.2) is 42.5 Å². The third kappa shape index (κ3) is 9.91. The number of allylic oxidation sites excluding steroid dienone is 1. The molecule has 2 aromatic heterocycles. The number of morpholine rings is 1. The SMILES string of the molecule is CCn1nc(C)cc1C(=O)Nc1nc2cc(C(N)=O)cc(OC)c2n1C/C=C/CNc1c(N)cc(C(N)=O)cc1OCCCN1CC2(C1)CN(C(=O)OC(C)(C)C)CCO2. The molecule has 0 radical (unpaired) electrons. The molecule has 19 nitrogen and oxygen atoms in total. The van der Waals surface area contributed by atoms with Gasteiger partial charge in [0.05, 0.1) is 43.8 Å². The highest BCUT2D eigenvalue weighted by Gasteiger charge is 2.48. The highest BCUT2D eigenvalue weighted by atomic mass is 16.6. The van der Waals surface area contributed by atoms with Gasteiger partial charge in [-0.15, -0.1) is 0 Å². The van der Waals surface area contributed by atoms with E-state index in [4.69, 9.17) is 36.1 Å². The Hall–Kier alpha value is -6.34. The maximum absolute atomic E-state index is 13.5. The molecule has 4 heterocycles. The van der Waals surface area contributed by atoms with Crippen molar-refractivity contribution in [1.29, 1.82) is 0 Å². The zero-order chi connectivity index (χ0) is 43.4. The van der Waals surface area contributed by atoms with E-state index in [9.17, 15) is 19.2 Å². The third-order valence-electron chi connectivity index (χ3n) is 10.0. The largest absolute Gasteiger partial charge is 0.494 e. The molecule has 6 rings (SSSR count). The van der Waals surface area contributed by atoms with Crippen LogP contribution in [0.2, 0.25) is 0 Å². The Bertz CT molecular complexity index is 2290. The van der Waals surface area contributed by atoms with E-state index in [-0.39, 0.29) is 35.4 Å². The van der Waals surface area contributed by atoms with E-state index in [2.05, 4.69) is 25.6 Å². The molecule has 2 aliphatic rings. The second-order valence-electron chi connectivity index (χ2n) is 15.9. The van der Waals surface area contributed by atoms with Crippen LogP contribution in [-0.2, 0) is 22.6 Å². The summed E-state index contributed by atoms with van der Waals surface area (Å²) < 4.78 is 26.8. The van der Waals surface area contributed by atoms with E-state index in [0.717, 1.165) is 6.54 Å². The van der Waals surface area contributed by atoms with Crippen LogP contribution in [0, 0.1) is 6.92 Å². The normalized spacial score (nSPS) is 15.3. The van der Waals surface area contributed by atoms with Gasteiger partial charge in [-0.3, -0.25) is 29.3 Å². The summed E-state index contributed by atoms with van der Waals surface area (Å²) in [5.41, 5.74) is 19.8. The van der Waals surface area contributed by atoms with Gasteiger partial charge in [0.2, 0.25) is 17.8 Å². The van der Waals surface area contributed by atoms with Crippen LogP contribution >= 0.6 is 0 Å². The lowest BCUT2D eigenvalue weighted by Gasteiger charge is -2.53. The van der Waals surface area contributed by atoms with Gasteiger partial charge >= 0.3 is 6.09 Å². The number of hydrogen-bond acceptors (Lipinski definition) is 13. The Morgan fingerprint density at radius 3 is 2.40 bits per heavy atom. The van der Waals surface area contributed by atoms with Crippen molar-refractivity contribution in [3.05, 3.63) is 65.0 Å². The molecule has 0 atom stereocenters. The first-order valence-electron chi connectivity index (χ1n) is 19.8.